The number of benzene rings is 1. The van der Waals surface area contributed by atoms with Crippen molar-refractivity contribution in [3.63, 3.8) is 0 Å². The number of hydrogen-bond acceptors (Lipinski definition) is 3. The van der Waals surface area contributed by atoms with E-state index in [-0.39, 0.29) is 5.60 Å². The summed E-state index contributed by atoms with van der Waals surface area (Å²) in [6.07, 6.45) is 9.30. The first kappa shape index (κ1) is 14.1. The minimum atomic E-state index is 0.212. The van der Waals surface area contributed by atoms with Gasteiger partial charge in [-0.15, -0.1) is 0 Å². The van der Waals surface area contributed by atoms with Gasteiger partial charge in [-0.3, -0.25) is 4.84 Å². The summed E-state index contributed by atoms with van der Waals surface area (Å²) in [7, 11) is 0. The molecule has 1 aliphatic heterocycles. The van der Waals surface area contributed by atoms with Crippen LogP contribution in [0.25, 0.3) is 0 Å². The minimum Gasteiger partial charge on any atom is -0.370 e. The van der Waals surface area contributed by atoms with Crippen molar-refractivity contribution in [2.24, 2.45) is 0 Å². The molecule has 1 N–H and O–H groups in total. The fourth-order valence-corrected chi connectivity index (χ4v) is 3.46. The van der Waals surface area contributed by atoms with Gasteiger partial charge in [0, 0.05) is 6.54 Å². The van der Waals surface area contributed by atoms with E-state index >= 15 is 0 Å². The Labute approximate surface area is 121 Å². The van der Waals surface area contributed by atoms with Crippen LogP contribution in [-0.2, 0) is 16.2 Å². The van der Waals surface area contributed by atoms with Gasteiger partial charge >= 0.3 is 0 Å². The molecule has 20 heavy (non-hydrogen) atoms. The summed E-state index contributed by atoms with van der Waals surface area (Å²) in [5.74, 6) is 0. The van der Waals surface area contributed by atoms with E-state index in [9.17, 15) is 0 Å². The van der Waals surface area contributed by atoms with Gasteiger partial charge in [-0.25, -0.2) is 0 Å². The summed E-state index contributed by atoms with van der Waals surface area (Å²) < 4.78 is 6.30. The molecule has 1 aromatic rings. The van der Waals surface area contributed by atoms with Crippen molar-refractivity contribution in [2.45, 2.75) is 63.3 Å². The average molecular weight is 275 g/mol. The van der Waals surface area contributed by atoms with Gasteiger partial charge in [-0.2, -0.15) is 5.48 Å². The zero-order chi connectivity index (χ0) is 13.7. The molecule has 110 valence electrons. The van der Waals surface area contributed by atoms with Crippen molar-refractivity contribution in [1.29, 1.82) is 0 Å². The van der Waals surface area contributed by atoms with Gasteiger partial charge < -0.3 is 4.74 Å². The largest absolute Gasteiger partial charge is 0.370 e. The number of rotatable bonds is 5. The van der Waals surface area contributed by atoms with E-state index in [1.54, 1.807) is 0 Å². The summed E-state index contributed by atoms with van der Waals surface area (Å²) in [5, 5.41) is 0. The number of ether oxygens (including phenoxy) is 1. The second-order valence-electron chi connectivity index (χ2n) is 6.14. The molecular weight excluding hydrogens is 250 g/mol. The molecule has 3 rings (SSSR count). The minimum absolute atomic E-state index is 0.212. The van der Waals surface area contributed by atoms with Crippen LogP contribution in [0.5, 0.6) is 0 Å². The van der Waals surface area contributed by atoms with Gasteiger partial charge in [0.15, 0.2) is 0 Å². The molecule has 0 bridgehead atoms. The number of nitrogens with one attached hydrogen (secondary N) is 1. The highest BCUT2D eigenvalue weighted by Gasteiger charge is 2.40. The maximum atomic E-state index is 6.30. The number of hydrogen-bond donors (Lipinski definition) is 1. The maximum absolute atomic E-state index is 6.30. The van der Waals surface area contributed by atoms with Crippen LogP contribution in [0.3, 0.4) is 0 Å². The SMILES string of the molecule is c1ccc(CONCC2CCC3(CCCCC3)O2)cc1. The molecule has 1 spiro atoms. The Kier molecular flexibility index (Phi) is 4.71. The predicted octanol–water partition coefficient (Wildman–Crippen LogP) is 3.59. The van der Waals surface area contributed by atoms with E-state index in [0.717, 1.165) is 6.54 Å². The molecule has 1 unspecified atom stereocenters. The van der Waals surface area contributed by atoms with Crippen LogP contribution in [0, 0.1) is 0 Å². The molecule has 0 radical (unpaired) electrons. The highest BCUT2D eigenvalue weighted by atomic mass is 16.6. The highest BCUT2D eigenvalue weighted by molar-refractivity contribution is 5.13. The molecule has 3 heteroatoms. The Balaban J connectivity index is 1.35. The predicted molar refractivity (Wildman–Crippen MR) is 79.2 cm³/mol. The van der Waals surface area contributed by atoms with Crippen LogP contribution in [-0.4, -0.2) is 18.2 Å². The van der Waals surface area contributed by atoms with Crippen molar-refractivity contribution in [2.75, 3.05) is 6.54 Å². The van der Waals surface area contributed by atoms with Crippen LogP contribution >= 0.6 is 0 Å². The third kappa shape index (κ3) is 3.60. The molecule has 3 nitrogen and oxygen atoms in total. The first-order chi connectivity index (χ1) is 9.86. The topological polar surface area (TPSA) is 30.5 Å². The van der Waals surface area contributed by atoms with Gasteiger partial charge in [-0.1, -0.05) is 49.6 Å². The Morgan fingerprint density at radius 1 is 1.10 bits per heavy atom. The van der Waals surface area contributed by atoms with E-state index in [4.69, 9.17) is 9.57 Å². The summed E-state index contributed by atoms with van der Waals surface area (Å²) in [6.45, 7) is 1.41. The van der Waals surface area contributed by atoms with Crippen molar-refractivity contribution >= 4 is 0 Å². The molecule has 1 aromatic carbocycles. The molecule has 2 aliphatic rings. The van der Waals surface area contributed by atoms with Gasteiger partial charge in [0.1, 0.15) is 0 Å². The van der Waals surface area contributed by atoms with Crippen LogP contribution in [0.2, 0.25) is 0 Å². The first-order valence-electron chi connectivity index (χ1n) is 7.93. The van der Waals surface area contributed by atoms with Crippen LogP contribution in [0.4, 0.5) is 0 Å². The molecule has 2 fully saturated rings. The summed E-state index contributed by atoms with van der Waals surface area (Å²) in [4.78, 5) is 5.53. The molecular formula is C17H25NO2. The molecule has 1 saturated carbocycles. The van der Waals surface area contributed by atoms with Crippen molar-refractivity contribution in [3.8, 4) is 0 Å². The zero-order valence-electron chi connectivity index (χ0n) is 12.1. The lowest BCUT2D eigenvalue weighted by Gasteiger charge is -2.33. The zero-order valence-corrected chi connectivity index (χ0v) is 12.1. The second-order valence-corrected chi connectivity index (χ2v) is 6.14. The fraction of sp³-hybridized carbons (Fsp3) is 0.647. The maximum Gasteiger partial charge on any atom is 0.0933 e. The van der Waals surface area contributed by atoms with Crippen molar-refractivity contribution < 1.29 is 9.57 Å². The normalized spacial score (nSPS) is 25.1. The Morgan fingerprint density at radius 2 is 1.90 bits per heavy atom. The number of hydroxylamine groups is 1. The van der Waals surface area contributed by atoms with E-state index < -0.39 is 0 Å². The summed E-state index contributed by atoms with van der Waals surface area (Å²) in [5.41, 5.74) is 4.48. The van der Waals surface area contributed by atoms with E-state index in [1.807, 2.05) is 18.2 Å². The van der Waals surface area contributed by atoms with Gasteiger partial charge in [0.2, 0.25) is 0 Å². The van der Waals surface area contributed by atoms with Crippen LogP contribution in [0.15, 0.2) is 30.3 Å². The molecule has 1 saturated heterocycles. The summed E-state index contributed by atoms with van der Waals surface area (Å²) in [6, 6.07) is 10.2. The molecule has 0 amide bonds. The lowest BCUT2D eigenvalue weighted by molar-refractivity contribution is -0.0795. The van der Waals surface area contributed by atoms with Gasteiger partial charge in [0.25, 0.3) is 0 Å². The Hall–Kier alpha value is -0.900. The average Bonchev–Trinajstić information content (AvgIpc) is 2.88. The van der Waals surface area contributed by atoms with E-state index in [1.165, 1.54) is 50.5 Å². The Bertz CT molecular complexity index is 401. The van der Waals surface area contributed by atoms with Gasteiger partial charge in [0.05, 0.1) is 18.3 Å². The first-order valence-corrected chi connectivity index (χ1v) is 7.93. The smallest absolute Gasteiger partial charge is 0.0933 e. The molecule has 1 atom stereocenters. The summed E-state index contributed by atoms with van der Waals surface area (Å²) >= 11 is 0. The van der Waals surface area contributed by atoms with Crippen LogP contribution < -0.4 is 5.48 Å². The van der Waals surface area contributed by atoms with Crippen LogP contribution in [0.1, 0.15) is 50.5 Å². The van der Waals surface area contributed by atoms with Gasteiger partial charge in [-0.05, 0) is 31.2 Å². The van der Waals surface area contributed by atoms with Crippen molar-refractivity contribution in [3.05, 3.63) is 35.9 Å². The Morgan fingerprint density at radius 3 is 2.70 bits per heavy atom. The molecule has 0 aromatic heterocycles. The molecule has 1 heterocycles. The van der Waals surface area contributed by atoms with E-state index in [0.29, 0.717) is 12.7 Å². The highest BCUT2D eigenvalue weighted by Crippen LogP contribution is 2.41. The van der Waals surface area contributed by atoms with Crippen molar-refractivity contribution in [1.82, 2.24) is 5.48 Å². The monoisotopic (exact) mass is 275 g/mol. The third-order valence-corrected chi connectivity index (χ3v) is 4.60. The third-order valence-electron chi connectivity index (χ3n) is 4.60. The lowest BCUT2D eigenvalue weighted by Crippen LogP contribution is -2.34. The quantitative estimate of drug-likeness (QED) is 0.658. The van der Waals surface area contributed by atoms with E-state index in [2.05, 4.69) is 17.6 Å². The molecule has 1 aliphatic carbocycles. The second kappa shape index (κ2) is 6.70. The standard InChI is InChI=1S/C17H25NO2/c1-3-7-15(8-4-1)14-19-18-13-16-9-12-17(20-16)10-5-2-6-11-17/h1,3-4,7-8,16,18H,2,5-6,9-14H2. The lowest BCUT2D eigenvalue weighted by atomic mass is 9.83. The fourth-order valence-electron chi connectivity index (χ4n) is 3.46.